The molecule has 1 aromatic rings. The van der Waals surface area contributed by atoms with E-state index in [1.54, 1.807) is 4.90 Å². The number of piperidine rings is 1. The van der Waals surface area contributed by atoms with E-state index in [1.165, 1.54) is 6.07 Å². The van der Waals surface area contributed by atoms with Crippen LogP contribution in [0.25, 0.3) is 0 Å². The van der Waals surface area contributed by atoms with Crippen molar-refractivity contribution >= 4 is 18.5 Å². The van der Waals surface area contributed by atoms with Crippen molar-refractivity contribution in [1.82, 2.24) is 4.90 Å². The maximum absolute atomic E-state index is 13.4. The maximum atomic E-state index is 13.4. The number of benzene rings is 1. The van der Waals surface area contributed by atoms with Crippen LogP contribution in [0, 0.1) is 11.7 Å². The average molecular weight is 265 g/mol. The molecule has 0 unspecified atom stereocenters. The van der Waals surface area contributed by atoms with Crippen molar-refractivity contribution in [3.05, 3.63) is 29.6 Å². The van der Waals surface area contributed by atoms with Crippen molar-refractivity contribution < 1.29 is 19.2 Å². The molecule has 1 atom stereocenters. The van der Waals surface area contributed by atoms with Gasteiger partial charge < -0.3 is 14.9 Å². The molecule has 0 bridgehead atoms. The quantitative estimate of drug-likeness (QED) is 0.760. The van der Waals surface area contributed by atoms with Gasteiger partial charge >= 0.3 is 7.12 Å². The van der Waals surface area contributed by atoms with Crippen LogP contribution in [0.2, 0.25) is 0 Å². The number of rotatable bonds is 2. The summed E-state index contributed by atoms with van der Waals surface area (Å²) in [7, 11) is -1.78. The first-order chi connectivity index (χ1) is 8.97. The molecule has 1 aliphatic heterocycles. The van der Waals surface area contributed by atoms with Gasteiger partial charge in [-0.25, -0.2) is 4.39 Å². The molecule has 0 spiro atoms. The molecule has 102 valence electrons. The van der Waals surface area contributed by atoms with E-state index in [2.05, 4.69) is 6.92 Å². The van der Waals surface area contributed by atoms with Gasteiger partial charge in [0.2, 0.25) is 0 Å². The summed E-state index contributed by atoms with van der Waals surface area (Å²) in [5.41, 5.74) is 0.158. The standard InChI is InChI=1S/C13H17BFNO3/c1-9-3-2-4-16(8-9)13(17)10-5-11(14(18)19)7-12(15)6-10/h5-7,9,18-19H,2-4,8H2,1H3/t9-/m1/s1. The first-order valence-corrected chi connectivity index (χ1v) is 6.43. The molecular weight excluding hydrogens is 248 g/mol. The van der Waals surface area contributed by atoms with Crippen molar-refractivity contribution in [2.45, 2.75) is 19.8 Å². The fourth-order valence-electron chi connectivity index (χ4n) is 2.44. The molecule has 19 heavy (non-hydrogen) atoms. The van der Waals surface area contributed by atoms with Crippen LogP contribution in [0.5, 0.6) is 0 Å². The SMILES string of the molecule is C[C@@H]1CCCN(C(=O)c2cc(F)cc(B(O)O)c2)C1. The Bertz CT molecular complexity index is 481. The summed E-state index contributed by atoms with van der Waals surface area (Å²) in [5, 5.41) is 18.1. The van der Waals surface area contributed by atoms with E-state index in [0.717, 1.165) is 25.0 Å². The Morgan fingerprint density at radius 3 is 2.79 bits per heavy atom. The second-order valence-corrected chi connectivity index (χ2v) is 5.15. The number of carbonyl (C=O) groups is 1. The molecule has 1 aliphatic rings. The predicted molar refractivity (Wildman–Crippen MR) is 70.5 cm³/mol. The van der Waals surface area contributed by atoms with E-state index < -0.39 is 12.9 Å². The van der Waals surface area contributed by atoms with E-state index >= 15 is 0 Å². The number of nitrogens with zero attached hydrogens (tertiary/aromatic N) is 1. The monoisotopic (exact) mass is 265 g/mol. The third-order valence-electron chi connectivity index (χ3n) is 3.41. The lowest BCUT2D eigenvalue weighted by atomic mass is 9.79. The highest BCUT2D eigenvalue weighted by Gasteiger charge is 2.23. The average Bonchev–Trinajstić information content (AvgIpc) is 2.37. The van der Waals surface area contributed by atoms with Gasteiger partial charge in [-0.2, -0.15) is 0 Å². The number of likely N-dealkylation sites (tertiary alicyclic amines) is 1. The Labute approximate surface area is 112 Å². The van der Waals surface area contributed by atoms with Gasteiger partial charge in [0.1, 0.15) is 5.82 Å². The van der Waals surface area contributed by atoms with E-state index in [0.29, 0.717) is 19.0 Å². The first kappa shape index (κ1) is 14.0. The molecule has 1 amide bonds. The smallest absolute Gasteiger partial charge is 0.423 e. The molecule has 0 radical (unpaired) electrons. The zero-order valence-electron chi connectivity index (χ0n) is 10.8. The van der Waals surface area contributed by atoms with Gasteiger partial charge in [-0.3, -0.25) is 4.79 Å². The summed E-state index contributed by atoms with van der Waals surface area (Å²) >= 11 is 0. The minimum absolute atomic E-state index is 0.00610. The summed E-state index contributed by atoms with van der Waals surface area (Å²) in [6.07, 6.45) is 2.03. The number of amides is 1. The fourth-order valence-corrected chi connectivity index (χ4v) is 2.44. The first-order valence-electron chi connectivity index (χ1n) is 6.43. The van der Waals surface area contributed by atoms with Gasteiger partial charge in [0.05, 0.1) is 0 Å². The molecule has 2 N–H and O–H groups in total. The Kier molecular flexibility index (Phi) is 4.22. The second kappa shape index (κ2) is 5.71. The summed E-state index contributed by atoms with van der Waals surface area (Å²) in [5.74, 6) is -0.457. The lowest BCUT2D eigenvalue weighted by Crippen LogP contribution is -2.40. The lowest BCUT2D eigenvalue weighted by Gasteiger charge is -2.31. The number of hydrogen-bond acceptors (Lipinski definition) is 3. The number of hydrogen-bond donors (Lipinski definition) is 2. The molecular formula is C13H17BFNO3. The van der Waals surface area contributed by atoms with Gasteiger partial charge in [0, 0.05) is 18.7 Å². The third kappa shape index (κ3) is 3.33. The summed E-state index contributed by atoms with van der Waals surface area (Å²) in [6.45, 7) is 3.40. The Hall–Kier alpha value is -1.40. The summed E-state index contributed by atoms with van der Waals surface area (Å²) in [6, 6.07) is 3.48. The van der Waals surface area contributed by atoms with E-state index in [9.17, 15) is 9.18 Å². The lowest BCUT2D eigenvalue weighted by molar-refractivity contribution is 0.0682. The normalized spacial score (nSPS) is 19.4. The van der Waals surface area contributed by atoms with Gasteiger partial charge in [-0.15, -0.1) is 0 Å². The van der Waals surface area contributed by atoms with Gasteiger partial charge in [-0.05, 0) is 42.4 Å². The molecule has 6 heteroatoms. The van der Waals surface area contributed by atoms with Crippen LogP contribution in [-0.4, -0.2) is 41.1 Å². The Morgan fingerprint density at radius 1 is 1.42 bits per heavy atom. The molecule has 0 saturated carbocycles. The third-order valence-corrected chi connectivity index (χ3v) is 3.41. The van der Waals surface area contributed by atoms with Crippen LogP contribution >= 0.6 is 0 Å². The van der Waals surface area contributed by atoms with Crippen LogP contribution in [0.4, 0.5) is 4.39 Å². The molecule has 1 heterocycles. The highest BCUT2D eigenvalue weighted by molar-refractivity contribution is 6.58. The van der Waals surface area contributed by atoms with Gasteiger partial charge in [-0.1, -0.05) is 6.92 Å². The van der Waals surface area contributed by atoms with Crippen molar-refractivity contribution in [2.75, 3.05) is 13.1 Å². The topological polar surface area (TPSA) is 60.8 Å². The highest BCUT2D eigenvalue weighted by Crippen LogP contribution is 2.18. The second-order valence-electron chi connectivity index (χ2n) is 5.15. The maximum Gasteiger partial charge on any atom is 0.488 e. The molecule has 1 fully saturated rings. The van der Waals surface area contributed by atoms with Crippen LogP contribution in [-0.2, 0) is 0 Å². The zero-order chi connectivity index (χ0) is 14.0. The minimum atomic E-state index is -1.78. The van der Waals surface area contributed by atoms with Crippen LogP contribution in [0.3, 0.4) is 0 Å². The Morgan fingerprint density at radius 2 is 2.16 bits per heavy atom. The molecule has 4 nitrogen and oxygen atoms in total. The van der Waals surface area contributed by atoms with Crippen molar-refractivity contribution in [1.29, 1.82) is 0 Å². The molecule has 2 rings (SSSR count). The van der Waals surface area contributed by atoms with E-state index in [4.69, 9.17) is 10.0 Å². The molecule has 1 saturated heterocycles. The van der Waals surface area contributed by atoms with Gasteiger partial charge in [0.25, 0.3) is 5.91 Å². The molecule has 1 aromatic carbocycles. The predicted octanol–water partition coefficient (Wildman–Crippen LogP) is 0.378. The van der Waals surface area contributed by atoms with Crippen molar-refractivity contribution in [3.8, 4) is 0 Å². The van der Waals surface area contributed by atoms with Crippen LogP contribution in [0.15, 0.2) is 18.2 Å². The minimum Gasteiger partial charge on any atom is -0.423 e. The summed E-state index contributed by atoms with van der Waals surface area (Å²) < 4.78 is 13.4. The number of halogens is 1. The van der Waals surface area contributed by atoms with E-state index in [-0.39, 0.29) is 16.9 Å². The van der Waals surface area contributed by atoms with Gasteiger partial charge in [0.15, 0.2) is 0 Å². The number of carbonyl (C=O) groups excluding carboxylic acids is 1. The van der Waals surface area contributed by atoms with Crippen LogP contribution in [0.1, 0.15) is 30.1 Å². The highest BCUT2D eigenvalue weighted by atomic mass is 19.1. The van der Waals surface area contributed by atoms with Crippen LogP contribution < -0.4 is 5.46 Å². The fraction of sp³-hybridized carbons (Fsp3) is 0.462. The largest absolute Gasteiger partial charge is 0.488 e. The molecule has 0 aromatic heterocycles. The molecule has 0 aliphatic carbocycles. The zero-order valence-corrected chi connectivity index (χ0v) is 10.8. The van der Waals surface area contributed by atoms with Crippen molar-refractivity contribution in [2.24, 2.45) is 5.92 Å². The summed E-state index contributed by atoms with van der Waals surface area (Å²) in [4.78, 5) is 14.0. The van der Waals surface area contributed by atoms with E-state index in [1.807, 2.05) is 0 Å². The Balaban J connectivity index is 2.23. The van der Waals surface area contributed by atoms with Crippen molar-refractivity contribution in [3.63, 3.8) is 0 Å².